The highest BCUT2D eigenvalue weighted by Gasteiger charge is 2.14. The standard InChI is InChI=1S/C15H20N4O2/c1-4-12-7-13(19(5-2)18-12)9-21-15(20)14-6-11(16)8-17-10(14)3/h6-8H,4-5,9,16H2,1-3H3. The van der Waals surface area contributed by atoms with Crippen LogP contribution in [0.2, 0.25) is 0 Å². The number of rotatable bonds is 5. The van der Waals surface area contributed by atoms with Crippen LogP contribution < -0.4 is 5.73 Å². The van der Waals surface area contributed by atoms with E-state index in [0.717, 1.165) is 24.4 Å². The number of hydrogen-bond donors (Lipinski definition) is 1. The molecule has 0 saturated heterocycles. The predicted molar refractivity (Wildman–Crippen MR) is 79.8 cm³/mol. The SMILES string of the molecule is CCc1cc(COC(=O)c2cc(N)cnc2C)n(CC)n1. The lowest BCUT2D eigenvalue weighted by molar-refractivity contribution is 0.0461. The summed E-state index contributed by atoms with van der Waals surface area (Å²) in [7, 11) is 0. The Kier molecular flexibility index (Phi) is 4.57. The largest absolute Gasteiger partial charge is 0.456 e. The van der Waals surface area contributed by atoms with Crippen LogP contribution in [-0.2, 0) is 24.3 Å². The van der Waals surface area contributed by atoms with Gasteiger partial charge in [-0.15, -0.1) is 0 Å². The van der Waals surface area contributed by atoms with Crippen molar-refractivity contribution in [2.24, 2.45) is 0 Å². The van der Waals surface area contributed by atoms with E-state index >= 15 is 0 Å². The summed E-state index contributed by atoms with van der Waals surface area (Å²) >= 11 is 0. The van der Waals surface area contributed by atoms with Crippen LogP contribution >= 0.6 is 0 Å². The number of nitrogen functional groups attached to an aromatic ring is 1. The van der Waals surface area contributed by atoms with E-state index in [2.05, 4.69) is 10.1 Å². The van der Waals surface area contributed by atoms with Gasteiger partial charge < -0.3 is 10.5 Å². The third-order valence-corrected chi connectivity index (χ3v) is 3.25. The summed E-state index contributed by atoms with van der Waals surface area (Å²) in [5.74, 6) is -0.422. The highest BCUT2D eigenvalue weighted by atomic mass is 16.5. The molecule has 0 aliphatic carbocycles. The number of esters is 1. The second-order valence-electron chi connectivity index (χ2n) is 4.77. The van der Waals surface area contributed by atoms with Gasteiger partial charge in [0.15, 0.2) is 0 Å². The molecule has 0 spiro atoms. The Bertz CT molecular complexity index is 649. The van der Waals surface area contributed by atoms with E-state index in [0.29, 0.717) is 16.9 Å². The molecule has 21 heavy (non-hydrogen) atoms. The Morgan fingerprint density at radius 1 is 1.38 bits per heavy atom. The number of nitrogens with zero attached hydrogens (tertiary/aromatic N) is 3. The van der Waals surface area contributed by atoms with Gasteiger partial charge in [-0.1, -0.05) is 6.92 Å². The van der Waals surface area contributed by atoms with Gasteiger partial charge in [-0.25, -0.2) is 4.79 Å². The first-order valence-corrected chi connectivity index (χ1v) is 7.00. The fraction of sp³-hybridized carbons (Fsp3) is 0.400. The quantitative estimate of drug-likeness (QED) is 0.852. The van der Waals surface area contributed by atoms with Gasteiger partial charge in [-0.05, 0) is 32.4 Å². The molecule has 112 valence electrons. The van der Waals surface area contributed by atoms with E-state index in [9.17, 15) is 4.79 Å². The Morgan fingerprint density at radius 3 is 2.81 bits per heavy atom. The molecule has 0 aromatic carbocycles. The van der Waals surface area contributed by atoms with Crippen LogP contribution in [0, 0.1) is 6.92 Å². The number of aromatic nitrogens is 3. The first-order valence-electron chi connectivity index (χ1n) is 7.00. The molecule has 0 unspecified atom stereocenters. The van der Waals surface area contributed by atoms with Crippen molar-refractivity contribution in [3.8, 4) is 0 Å². The first kappa shape index (κ1) is 15.0. The van der Waals surface area contributed by atoms with Gasteiger partial charge >= 0.3 is 5.97 Å². The molecular formula is C15H20N4O2. The van der Waals surface area contributed by atoms with E-state index in [-0.39, 0.29) is 6.61 Å². The first-order chi connectivity index (χ1) is 10.0. The molecule has 2 heterocycles. The number of anilines is 1. The predicted octanol–water partition coefficient (Wildman–Crippen LogP) is 2.11. The van der Waals surface area contributed by atoms with Gasteiger partial charge in [0.25, 0.3) is 0 Å². The summed E-state index contributed by atoms with van der Waals surface area (Å²) < 4.78 is 7.20. The lowest BCUT2D eigenvalue weighted by Crippen LogP contribution is -2.11. The minimum atomic E-state index is -0.422. The molecule has 0 bridgehead atoms. The van der Waals surface area contributed by atoms with Crippen molar-refractivity contribution in [3.63, 3.8) is 0 Å². The molecule has 2 aromatic rings. The van der Waals surface area contributed by atoms with Crippen LogP contribution in [0.15, 0.2) is 18.3 Å². The molecular weight excluding hydrogens is 268 g/mol. The maximum absolute atomic E-state index is 12.1. The fourth-order valence-corrected chi connectivity index (χ4v) is 2.05. The van der Waals surface area contributed by atoms with Crippen molar-refractivity contribution in [1.82, 2.24) is 14.8 Å². The summed E-state index contributed by atoms with van der Waals surface area (Å²) in [6.07, 6.45) is 2.37. The van der Waals surface area contributed by atoms with Crippen molar-refractivity contribution in [2.75, 3.05) is 5.73 Å². The number of carbonyl (C=O) groups excluding carboxylic acids is 1. The summed E-state index contributed by atoms with van der Waals surface area (Å²) in [5.41, 5.74) is 8.98. The Labute approximate surface area is 123 Å². The number of ether oxygens (including phenoxy) is 1. The Balaban J connectivity index is 2.10. The van der Waals surface area contributed by atoms with Gasteiger partial charge in [0.05, 0.1) is 34.5 Å². The molecule has 0 atom stereocenters. The molecule has 0 amide bonds. The second-order valence-corrected chi connectivity index (χ2v) is 4.77. The smallest absolute Gasteiger partial charge is 0.340 e. The normalized spacial score (nSPS) is 10.6. The molecule has 0 saturated carbocycles. The van der Waals surface area contributed by atoms with Crippen molar-refractivity contribution >= 4 is 11.7 Å². The molecule has 0 aliphatic heterocycles. The maximum atomic E-state index is 12.1. The van der Waals surface area contributed by atoms with Crippen LogP contribution in [0.5, 0.6) is 0 Å². The van der Waals surface area contributed by atoms with Crippen molar-refractivity contribution < 1.29 is 9.53 Å². The summed E-state index contributed by atoms with van der Waals surface area (Å²) in [6, 6.07) is 3.54. The van der Waals surface area contributed by atoms with E-state index in [1.165, 1.54) is 6.20 Å². The number of aryl methyl sites for hydroxylation is 3. The van der Waals surface area contributed by atoms with E-state index in [1.54, 1.807) is 13.0 Å². The average Bonchev–Trinajstić information content (AvgIpc) is 2.89. The van der Waals surface area contributed by atoms with E-state index in [1.807, 2.05) is 24.6 Å². The van der Waals surface area contributed by atoms with Gasteiger partial charge in [0.2, 0.25) is 0 Å². The molecule has 0 aliphatic rings. The molecule has 2 N–H and O–H groups in total. The van der Waals surface area contributed by atoms with Crippen molar-refractivity contribution in [3.05, 3.63) is 41.0 Å². The van der Waals surface area contributed by atoms with Gasteiger partial charge in [0, 0.05) is 6.54 Å². The Morgan fingerprint density at radius 2 is 2.14 bits per heavy atom. The monoisotopic (exact) mass is 288 g/mol. The summed E-state index contributed by atoms with van der Waals surface area (Å²) in [5, 5.41) is 4.42. The van der Waals surface area contributed by atoms with Crippen LogP contribution in [-0.4, -0.2) is 20.7 Å². The number of nitrogens with two attached hydrogens (primary N) is 1. The number of pyridine rings is 1. The average molecular weight is 288 g/mol. The third-order valence-electron chi connectivity index (χ3n) is 3.25. The van der Waals surface area contributed by atoms with Gasteiger partial charge in [-0.3, -0.25) is 9.67 Å². The van der Waals surface area contributed by atoms with Crippen LogP contribution in [0.3, 0.4) is 0 Å². The molecule has 2 aromatic heterocycles. The van der Waals surface area contributed by atoms with Crippen molar-refractivity contribution in [1.29, 1.82) is 0 Å². The van der Waals surface area contributed by atoms with Crippen LogP contribution in [0.25, 0.3) is 0 Å². The molecule has 0 fully saturated rings. The zero-order chi connectivity index (χ0) is 15.4. The molecule has 6 nitrogen and oxygen atoms in total. The number of carbonyl (C=O) groups is 1. The summed E-state index contributed by atoms with van der Waals surface area (Å²) in [6.45, 7) is 6.73. The molecule has 6 heteroatoms. The van der Waals surface area contributed by atoms with Crippen LogP contribution in [0.1, 0.15) is 41.3 Å². The minimum Gasteiger partial charge on any atom is -0.456 e. The molecule has 2 rings (SSSR count). The summed E-state index contributed by atoms with van der Waals surface area (Å²) in [4.78, 5) is 16.2. The zero-order valence-corrected chi connectivity index (χ0v) is 12.6. The maximum Gasteiger partial charge on any atom is 0.340 e. The zero-order valence-electron chi connectivity index (χ0n) is 12.6. The highest BCUT2D eigenvalue weighted by molar-refractivity contribution is 5.91. The minimum absolute atomic E-state index is 0.188. The lowest BCUT2D eigenvalue weighted by Gasteiger charge is -2.08. The van der Waals surface area contributed by atoms with Crippen molar-refractivity contribution in [2.45, 2.75) is 40.3 Å². The molecule has 0 radical (unpaired) electrons. The third kappa shape index (κ3) is 3.39. The van der Waals surface area contributed by atoms with Gasteiger partial charge in [0.1, 0.15) is 6.61 Å². The van der Waals surface area contributed by atoms with E-state index < -0.39 is 5.97 Å². The van der Waals surface area contributed by atoms with Crippen LogP contribution in [0.4, 0.5) is 5.69 Å². The number of hydrogen-bond acceptors (Lipinski definition) is 5. The highest BCUT2D eigenvalue weighted by Crippen LogP contribution is 2.13. The second kappa shape index (κ2) is 6.39. The van der Waals surface area contributed by atoms with E-state index in [4.69, 9.17) is 10.5 Å². The topological polar surface area (TPSA) is 83.0 Å². The van der Waals surface area contributed by atoms with Gasteiger partial charge in [-0.2, -0.15) is 5.10 Å². The fourth-order valence-electron chi connectivity index (χ4n) is 2.05. The lowest BCUT2D eigenvalue weighted by atomic mass is 10.2. The Hall–Kier alpha value is -2.37.